The van der Waals surface area contributed by atoms with E-state index >= 15 is 0 Å². The van der Waals surface area contributed by atoms with E-state index in [4.69, 9.17) is 5.53 Å². The van der Waals surface area contributed by atoms with Gasteiger partial charge in [-0.25, -0.2) is 0 Å². The van der Waals surface area contributed by atoms with Gasteiger partial charge in [-0.05, 0) is 5.53 Å². The molecule has 1 heterocycles. The minimum Gasteiger partial charge on any atom is -0.340 e. The number of nitrogens with zero attached hydrogens (tertiary/aromatic N) is 5. The van der Waals surface area contributed by atoms with Crippen molar-refractivity contribution >= 4 is 0 Å². The second-order valence-corrected chi connectivity index (χ2v) is 1.62. The fourth-order valence-corrected chi connectivity index (χ4v) is 0.500. The van der Waals surface area contributed by atoms with Gasteiger partial charge in [-0.2, -0.15) is 4.98 Å². The summed E-state index contributed by atoms with van der Waals surface area (Å²) in [5.41, 5.74) is 7.91. The molecule has 10 heavy (non-hydrogen) atoms. The van der Waals surface area contributed by atoms with Gasteiger partial charge in [0.05, 0.1) is 6.54 Å². The quantitative estimate of drug-likeness (QED) is 0.350. The van der Waals surface area contributed by atoms with Gasteiger partial charge in [-0.1, -0.05) is 10.3 Å². The van der Waals surface area contributed by atoms with Crippen molar-refractivity contribution in [3.05, 3.63) is 22.2 Å². The molecule has 0 spiro atoms. The van der Waals surface area contributed by atoms with Gasteiger partial charge in [0.25, 0.3) is 0 Å². The molecule has 0 unspecified atom stereocenters. The largest absolute Gasteiger partial charge is 0.340 e. The third-order valence-electron chi connectivity index (χ3n) is 0.845. The molecule has 0 amide bonds. The van der Waals surface area contributed by atoms with Crippen LogP contribution < -0.4 is 0 Å². The van der Waals surface area contributed by atoms with Crippen molar-refractivity contribution in [2.24, 2.45) is 5.11 Å². The zero-order chi connectivity index (χ0) is 7.40. The normalized spacial score (nSPS) is 8.90. The van der Waals surface area contributed by atoms with E-state index in [2.05, 4.69) is 24.7 Å². The lowest BCUT2D eigenvalue weighted by atomic mass is 10.6. The summed E-state index contributed by atoms with van der Waals surface area (Å²) in [6.07, 6.45) is 0. The van der Waals surface area contributed by atoms with Gasteiger partial charge >= 0.3 is 0 Å². The fourth-order valence-electron chi connectivity index (χ4n) is 0.500. The predicted octanol–water partition coefficient (Wildman–Crippen LogP) is 1.19. The van der Waals surface area contributed by atoms with E-state index in [-0.39, 0.29) is 6.54 Å². The Labute approximate surface area is 56.5 Å². The Balaban J connectivity index is 2.66. The molecule has 1 rings (SSSR count). The average molecular weight is 139 g/mol. The third-order valence-corrected chi connectivity index (χ3v) is 0.845. The number of aryl methyl sites for hydroxylation is 1. The predicted molar refractivity (Wildman–Crippen MR) is 31.9 cm³/mol. The summed E-state index contributed by atoms with van der Waals surface area (Å²) in [7, 11) is 0. The molecule has 0 N–H and O–H groups in total. The van der Waals surface area contributed by atoms with Crippen molar-refractivity contribution in [1.29, 1.82) is 0 Å². The van der Waals surface area contributed by atoms with Crippen molar-refractivity contribution < 1.29 is 4.52 Å². The maximum Gasteiger partial charge on any atom is 0.223 e. The molecule has 0 aliphatic heterocycles. The highest BCUT2D eigenvalue weighted by Crippen LogP contribution is 1.95. The third kappa shape index (κ3) is 1.46. The molecule has 0 aliphatic rings. The van der Waals surface area contributed by atoms with Gasteiger partial charge in [0, 0.05) is 11.8 Å². The van der Waals surface area contributed by atoms with Crippen LogP contribution in [-0.2, 0) is 6.54 Å². The molecule has 6 heteroatoms. The second-order valence-electron chi connectivity index (χ2n) is 1.62. The van der Waals surface area contributed by atoms with Crippen LogP contribution in [0.25, 0.3) is 10.4 Å². The summed E-state index contributed by atoms with van der Waals surface area (Å²) < 4.78 is 4.62. The van der Waals surface area contributed by atoms with Gasteiger partial charge in [-0.3, -0.25) is 0 Å². The lowest BCUT2D eigenvalue weighted by molar-refractivity contribution is 0.387. The summed E-state index contributed by atoms with van der Waals surface area (Å²) in [5, 5.41) is 6.75. The fraction of sp³-hybridized carbons (Fsp3) is 0.500. The smallest absolute Gasteiger partial charge is 0.223 e. The van der Waals surface area contributed by atoms with E-state index in [0.29, 0.717) is 11.7 Å². The highest BCUT2D eigenvalue weighted by molar-refractivity contribution is 4.82. The Kier molecular flexibility index (Phi) is 1.86. The van der Waals surface area contributed by atoms with Crippen LogP contribution >= 0.6 is 0 Å². The van der Waals surface area contributed by atoms with Gasteiger partial charge in [-0.15, -0.1) is 0 Å². The minimum absolute atomic E-state index is 0.147. The van der Waals surface area contributed by atoms with Crippen molar-refractivity contribution in [3.8, 4) is 0 Å². The first kappa shape index (κ1) is 6.57. The first-order valence-electron chi connectivity index (χ1n) is 2.63. The highest BCUT2D eigenvalue weighted by atomic mass is 16.5. The molecular formula is C4H5N5O. The van der Waals surface area contributed by atoms with Crippen molar-refractivity contribution in [2.75, 3.05) is 0 Å². The summed E-state index contributed by atoms with van der Waals surface area (Å²) in [5.74, 6) is 0.887. The average Bonchev–Trinajstić information content (AvgIpc) is 2.31. The van der Waals surface area contributed by atoms with E-state index < -0.39 is 0 Å². The monoisotopic (exact) mass is 139 g/mol. The summed E-state index contributed by atoms with van der Waals surface area (Å²) in [6, 6.07) is 0. The molecule has 0 radical (unpaired) electrons. The van der Waals surface area contributed by atoms with Crippen molar-refractivity contribution in [3.63, 3.8) is 0 Å². The Bertz CT molecular complexity index is 260. The Hall–Kier alpha value is -1.55. The van der Waals surface area contributed by atoms with Gasteiger partial charge in [0.2, 0.25) is 5.89 Å². The molecule has 0 saturated heterocycles. The number of hydrogen-bond acceptors (Lipinski definition) is 4. The molecule has 0 aromatic carbocycles. The van der Waals surface area contributed by atoms with E-state index in [1.54, 1.807) is 6.92 Å². The molecule has 0 atom stereocenters. The molecule has 0 fully saturated rings. The van der Waals surface area contributed by atoms with Crippen LogP contribution in [0.3, 0.4) is 0 Å². The Morgan fingerprint density at radius 1 is 1.80 bits per heavy atom. The summed E-state index contributed by atoms with van der Waals surface area (Å²) in [4.78, 5) is 6.35. The molecule has 6 nitrogen and oxygen atoms in total. The van der Waals surface area contributed by atoms with E-state index in [9.17, 15) is 0 Å². The van der Waals surface area contributed by atoms with Crippen LogP contribution in [0.5, 0.6) is 0 Å². The van der Waals surface area contributed by atoms with Crippen LogP contribution in [0.4, 0.5) is 0 Å². The minimum atomic E-state index is 0.147. The lowest BCUT2D eigenvalue weighted by Crippen LogP contribution is -1.81. The molecule has 1 aromatic rings. The lowest BCUT2D eigenvalue weighted by Gasteiger charge is -1.75. The maximum absolute atomic E-state index is 7.91. The van der Waals surface area contributed by atoms with Crippen LogP contribution in [0.2, 0.25) is 0 Å². The van der Waals surface area contributed by atoms with E-state index in [1.807, 2.05) is 0 Å². The van der Waals surface area contributed by atoms with Crippen LogP contribution in [0, 0.1) is 6.92 Å². The molecule has 0 bridgehead atoms. The molecule has 0 aliphatic carbocycles. The van der Waals surface area contributed by atoms with Crippen LogP contribution in [0.15, 0.2) is 9.64 Å². The molecule has 0 saturated carbocycles. The first-order chi connectivity index (χ1) is 4.83. The van der Waals surface area contributed by atoms with Crippen molar-refractivity contribution in [1.82, 2.24) is 10.1 Å². The number of azide groups is 1. The van der Waals surface area contributed by atoms with Gasteiger partial charge in [0.15, 0.2) is 5.82 Å². The van der Waals surface area contributed by atoms with Crippen molar-refractivity contribution in [2.45, 2.75) is 13.5 Å². The second kappa shape index (κ2) is 2.84. The Morgan fingerprint density at radius 2 is 2.60 bits per heavy atom. The van der Waals surface area contributed by atoms with Gasteiger partial charge in [0.1, 0.15) is 0 Å². The van der Waals surface area contributed by atoms with Gasteiger partial charge < -0.3 is 4.52 Å². The maximum atomic E-state index is 7.91. The van der Waals surface area contributed by atoms with E-state index in [1.165, 1.54) is 0 Å². The molecule has 52 valence electrons. The van der Waals surface area contributed by atoms with Crippen LogP contribution in [0.1, 0.15) is 11.7 Å². The number of hydrogen-bond donors (Lipinski definition) is 0. The van der Waals surface area contributed by atoms with Crippen LogP contribution in [-0.4, -0.2) is 10.1 Å². The number of aromatic nitrogens is 2. The summed E-state index contributed by atoms with van der Waals surface area (Å²) >= 11 is 0. The number of rotatable bonds is 2. The zero-order valence-corrected chi connectivity index (χ0v) is 5.35. The Morgan fingerprint density at radius 3 is 3.10 bits per heavy atom. The topological polar surface area (TPSA) is 87.7 Å². The zero-order valence-electron chi connectivity index (χ0n) is 5.35. The standard InChI is InChI=1S/C4H5N5O/c1-3-7-4(8-10-3)2-6-9-5/h2H2,1H3. The molecule has 1 aromatic heterocycles. The SMILES string of the molecule is Cc1nc(CN=[N+]=[N-])no1. The molecular weight excluding hydrogens is 134 g/mol. The highest BCUT2D eigenvalue weighted by Gasteiger charge is 1.97. The first-order valence-corrected chi connectivity index (χ1v) is 2.63. The summed E-state index contributed by atoms with van der Waals surface area (Å²) in [6.45, 7) is 1.82. The van der Waals surface area contributed by atoms with E-state index in [0.717, 1.165) is 0 Å².